The highest BCUT2D eigenvalue weighted by atomic mass is 14.9. The third-order valence-corrected chi connectivity index (χ3v) is 3.35. The second-order valence-electron chi connectivity index (χ2n) is 6.85. The summed E-state index contributed by atoms with van der Waals surface area (Å²) in [5.74, 6) is 0. The van der Waals surface area contributed by atoms with Crippen LogP contribution in [0.4, 0.5) is 5.69 Å². The van der Waals surface area contributed by atoms with Gasteiger partial charge in [0.25, 0.3) is 0 Å². The van der Waals surface area contributed by atoms with E-state index >= 15 is 0 Å². The Morgan fingerprint density at radius 3 is 2.15 bits per heavy atom. The second-order valence-corrected chi connectivity index (χ2v) is 6.85. The highest BCUT2D eigenvalue weighted by Gasteiger charge is 2.09. The third-order valence-electron chi connectivity index (χ3n) is 3.35. The van der Waals surface area contributed by atoms with Crippen LogP contribution in [0.25, 0.3) is 5.57 Å². The van der Waals surface area contributed by atoms with Crippen molar-refractivity contribution in [1.29, 1.82) is 0 Å². The molecule has 0 aromatic heterocycles. The molecule has 1 aromatic rings. The monoisotopic (exact) mass is 271 g/mol. The highest BCUT2D eigenvalue weighted by Crippen LogP contribution is 2.23. The van der Waals surface area contributed by atoms with E-state index in [0.717, 1.165) is 23.4 Å². The molecular formula is C19H29N. The zero-order valence-electron chi connectivity index (χ0n) is 13.6. The topological polar surface area (TPSA) is 12.0 Å². The molecule has 0 bridgehead atoms. The number of unbranched alkanes of at least 4 members (excludes halogenated alkanes) is 1. The average Bonchev–Trinajstić information content (AvgIpc) is 2.34. The lowest BCUT2D eigenvalue weighted by atomic mass is 9.89. The van der Waals surface area contributed by atoms with Gasteiger partial charge in [-0.05, 0) is 49.3 Å². The van der Waals surface area contributed by atoms with E-state index in [0.29, 0.717) is 5.41 Å². The Balaban J connectivity index is 2.33. The van der Waals surface area contributed by atoms with Crippen molar-refractivity contribution < 1.29 is 0 Å². The Morgan fingerprint density at radius 2 is 1.65 bits per heavy atom. The first-order valence-corrected chi connectivity index (χ1v) is 7.49. The molecule has 1 heteroatoms. The molecule has 1 aromatic carbocycles. The molecule has 0 atom stereocenters. The number of rotatable bonds is 7. The Bertz CT molecular complexity index is 446. The molecule has 0 spiro atoms. The summed E-state index contributed by atoms with van der Waals surface area (Å²) in [4.78, 5) is 0. The quantitative estimate of drug-likeness (QED) is 0.578. The van der Waals surface area contributed by atoms with Gasteiger partial charge in [0, 0.05) is 11.4 Å². The summed E-state index contributed by atoms with van der Waals surface area (Å²) in [6.45, 7) is 17.0. The van der Waals surface area contributed by atoms with Gasteiger partial charge in [-0.2, -0.15) is 0 Å². The zero-order chi connectivity index (χ0) is 15.2. The maximum atomic E-state index is 4.11. The minimum atomic E-state index is 0.438. The molecule has 0 amide bonds. The van der Waals surface area contributed by atoms with E-state index < -0.39 is 0 Å². The first kappa shape index (κ1) is 16.6. The van der Waals surface area contributed by atoms with E-state index in [1.54, 1.807) is 0 Å². The fourth-order valence-corrected chi connectivity index (χ4v) is 2.10. The van der Waals surface area contributed by atoms with Crippen LogP contribution in [0.5, 0.6) is 0 Å². The van der Waals surface area contributed by atoms with Crippen LogP contribution in [0.15, 0.2) is 43.1 Å². The normalized spacial score (nSPS) is 11.2. The summed E-state index contributed by atoms with van der Waals surface area (Å²) in [6.07, 6.45) is 4.78. The summed E-state index contributed by atoms with van der Waals surface area (Å²) < 4.78 is 0. The van der Waals surface area contributed by atoms with Gasteiger partial charge >= 0.3 is 0 Å². The van der Waals surface area contributed by atoms with Gasteiger partial charge in [-0.3, -0.25) is 0 Å². The van der Waals surface area contributed by atoms with Crippen LogP contribution in [0.1, 0.15) is 58.9 Å². The predicted octanol–water partition coefficient (Wildman–Crippen LogP) is 6.25. The number of nitrogens with one attached hydrogen (secondary N) is 1. The molecule has 0 saturated carbocycles. The van der Waals surface area contributed by atoms with Crippen LogP contribution in [0.3, 0.4) is 0 Å². The van der Waals surface area contributed by atoms with E-state index in [1.807, 2.05) is 6.92 Å². The van der Waals surface area contributed by atoms with E-state index in [1.165, 1.54) is 24.8 Å². The Morgan fingerprint density at radius 1 is 1.05 bits per heavy atom. The molecule has 0 radical (unpaired) electrons. The van der Waals surface area contributed by atoms with E-state index in [9.17, 15) is 0 Å². The van der Waals surface area contributed by atoms with Gasteiger partial charge in [-0.25, -0.2) is 0 Å². The van der Waals surface area contributed by atoms with Crippen LogP contribution in [0, 0.1) is 5.41 Å². The van der Waals surface area contributed by atoms with Crippen molar-refractivity contribution in [3.05, 3.63) is 48.7 Å². The van der Waals surface area contributed by atoms with Crippen molar-refractivity contribution in [3.63, 3.8) is 0 Å². The Labute approximate surface area is 124 Å². The van der Waals surface area contributed by atoms with Gasteiger partial charge in [-0.15, -0.1) is 0 Å². The molecule has 0 saturated heterocycles. The molecule has 1 nitrogen and oxygen atoms in total. The van der Waals surface area contributed by atoms with Gasteiger partial charge in [0.1, 0.15) is 0 Å². The number of anilines is 1. The summed E-state index contributed by atoms with van der Waals surface area (Å²) in [5, 5.41) is 3.38. The molecule has 0 aliphatic rings. The predicted molar refractivity (Wildman–Crippen MR) is 91.8 cm³/mol. The minimum absolute atomic E-state index is 0.438. The lowest BCUT2D eigenvalue weighted by Gasteiger charge is -2.18. The largest absolute Gasteiger partial charge is 0.359 e. The van der Waals surface area contributed by atoms with Crippen LogP contribution >= 0.6 is 0 Å². The van der Waals surface area contributed by atoms with Gasteiger partial charge < -0.3 is 5.32 Å². The first-order valence-electron chi connectivity index (χ1n) is 7.49. The second kappa shape index (κ2) is 7.33. The molecule has 1 rings (SSSR count). The molecular weight excluding hydrogens is 242 g/mol. The van der Waals surface area contributed by atoms with Gasteiger partial charge in [-0.1, -0.05) is 58.1 Å². The fraction of sp³-hybridized carbons (Fsp3) is 0.474. The third kappa shape index (κ3) is 6.60. The van der Waals surface area contributed by atoms with Gasteiger partial charge in [0.2, 0.25) is 0 Å². The van der Waals surface area contributed by atoms with Crippen molar-refractivity contribution in [2.24, 2.45) is 5.41 Å². The minimum Gasteiger partial charge on any atom is -0.359 e. The average molecular weight is 271 g/mol. The number of hydrogen-bond acceptors (Lipinski definition) is 1. The smallest absolute Gasteiger partial charge is 0.0382 e. The van der Waals surface area contributed by atoms with Crippen LogP contribution in [-0.4, -0.2) is 0 Å². The maximum absolute atomic E-state index is 4.11. The molecule has 0 aliphatic heterocycles. The van der Waals surface area contributed by atoms with Crippen molar-refractivity contribution in [1.82, 2.24) is 0 Å². The Hall–Kier alpha value is -1.50. The van der Waals surface area contributed by atoms with E-state index in [-0.39, 0.29) is 0 Å². The number of benzene rings is 1. The van der Waals surface area contributed by atoms with Crippen molar-refractivity contribution in [3.8, 4) is 0 Å². The summed E-state index contributed by atoms with van der Waals surface area (Å²) in [6, 6.07) is 8.36. The summed E-state index contributed by atoms with van der Waals surface area (Å²) in [5.41, 5.74) is 4.93. The van der Waals surface area contributed by atoms with Crippen molar-refractivity contribution in [2.75, 3.05) is 5.32 Å². The molecule has 0 unspecified atom stereocenters. The van der Waals surface area contributed by atoms with Crippen LogP contribution < -0.4 is 5.32 Å². The molecule has 0 aliphatic carbocycles. The number of allylic oxidation sites excluding steroid dienone is 2. The van der Waals surface area contributed by atoms with Crippen LogP contribution in [-0.2, 0) is 0 Å². The van der Waals surface area contributed by atoms with E-state index in [2.05, 4.69) is 63.5 Å². The molecule has 0 heterocycles. The van der Waals surface area contributed by atoms with E-state index in [4.69, 9.17) is 0 Å². The Kier molecular flexibility index (Phi) is 6.06. The highest BCUT2D eigenvalue weighted by molar-refractivity contribution is 5.64. The lowest BCUT2D eigenvalue weighted by Crippen LogP contribution is -2.04. The van der Waals surface area contributed by atoms with Crippen molar-refractivity contribution >= 4 is 11.3 Å². The lowest BCUT2D eigenvalue weighted by molar-refractivity contribution is 0.360. The standard InChI is InChI=1S/C19H29N/c1-15(2)17-10-12-18(13-11-17)20-16(3)9-7-8-14-19(4,5)6/h10-13,20H,1,3,7-9,14H2,2,4-6H3. The fourth-order valence-electron chi connectivity index (χ4n) is 2.10. The summed E-state index contributed by atoms with van der Waals surface area (Å²) in [7, 11) is 0. The van der Waals surface area contributed by atoms with Crippen molar-refractivity contribution in [2.45, 2.75) is 53.4 Å². The SMILES string of the molecule is C=C(CCCCC(C)(C)C)Nc1ccc(C(=C)C)cc1. The zero-order valence-corrected chi connectivity index (χ0v) is 13.6. The molecule has 1 N–H and O–H groups in total. The summed E-state index contributed by atoms with van der Waals surface area (Å²) >= 11 is 0. The van der Waals surface area contributed by atoms with Crippen LogP contribution in [0.2, 0.25) is 0 Å². The molecule has 110 valence electrons. The first-order chi connectivity index (χ1) is 9.28. The number of hydrogen-bond donors (Lipinski definition) is 1. The maximum Gasteiger partial charge on any atom is 0.0382 e. The molecule has 20 heavy (non-hydrogen) atoms. The van der Waals surface area contributed by atoms with Gasteiger partial charge in [0.15, 0.2) is 0 Å². The van der Waals surface area contributed by atoms with Gasteiger partial charge in [0.05, 0.1) is 0 Å². The molecule has 0 fully saturated rings.